The van der Waals surface area contributed by atoms with Crippen LogP contribution in [0.15, 0.2) is 0 Å². The Labute approximate surface area is 91.1 Å². The van der Waals surface area contributed by atoms with Crippen LogP contribution in [0.3, 0.4) is 0 Å². The molecule has 0 aromatic carbocycles. The average molecular weight is 237 g/mol. The van der Waals surface area contributed by atoms with Gasteiger partial charge in [-0.05, 0) is 19.8 Å². The molecule has 0 saturated carbocycles. The Morgan fingerprint density at radius 2 is 2.27 bits per heavy atom. The van der Waals surface area contributed by atoms with E-state index >= 15 is 0 Å². The summed E-state index contributed by atoms with van der Waals surface area (Å²) in [7, 11) is -3.25. The van der Waals surface area contributed by atoms with Gasteiger partial charge in [-0.15, -0.1) is 0 Å². The standard InChI is InChI=1S/C9H19NO4S/c1-2-14-6-7-15(12,13)10-5-3-4-9(10)8-11/h9,11H,2-8H2,1H3. The SMILES string of the molecule is CCOCCS(=O)(=O)N1CCCC1CO. The average Bonchev–Trinajstić information content (AvgIpc) is 2.66. The first-order valence-electron chi connectivity index (χ1n) is 5.30. The summed E-state index contributed by atoms with van der Waals surface area (Å²) in [6.45, 7) is 3.03. The zero-order valence-corrected chi connectivity index (χ0v) is 9.87. The molecule has 0 aromatic rings. The smallest absolute Gasteiger partial charge is 0.216 e. The molecule has 1 unspecified atom stereocenters. The molecule has 6 heteroatoms. The number of nitrogens with zero attached hydrogens (tertiary/aromatic N) is 1. The van der Waals surface area contributed by atoms with E-state index in [0.29, 0.717) is 13.2 Å². The fraction of sp³-hybridized carbons (Fsp3) is 1.00. The van der Waals surface area contributed by atoms with Gasteiger partial charge in [0.15, 0.2) is 0 Å². The largest absolute Gasteiger partial charge is 0.395 e. The first-order valence-corrected chi connectivity index (χ1v) is 6.91. The lowest BCUT2D eigenvalue weighted by atomic mass is 10.2. The molecule has 1 rings (SSSR count). The Morgan fingerprint density at radius 1 is 1.53 bits per heavy atom. The number of aliphatic hydroxyl groups excluding tert-OH is 1. The van der Waals surface area contributed by atoms with Gasteiger partial charge in [-0.1, -0.05) is 0 Å². The lowest BCUT2D eigenvalue weighted by molar-refractivity contribution is 0.161. The van der Waals surface area contributed by atoms with Crippen molar-refractivity contribution in [2.24, 2.45) is 0 Å². The van der Waals surface area contributed by atoms with Crippen LogP contribution >= 0.6 is 0 Å². The number of hydrogen-bond acceptors (Lipinski definition) is 4. The van der Waals surface area contributed by atoms with Gasteiger partial charge in [-0.25, -0.2) is 8.42 Å². The van der Waals surface area contributed by atoms with E-state index in [1.165, 1.54) is 4.31 Å². The maximum atomic E-state index is 11.8. The highest BCUT2D eigenvalue weighted by atomic mass is 32.2. The minimum absolute atomic E-state index is 0.0112. The summed E-state index contributed by atoms with van der Waals surface area (Å²) in [4.78, 5) is 0. The predicted octanol–water partition coefficient (Wildman–Crippen LogP) is -0.191. The molecule has 1 N–H and O–H groups in total. The van der Waals surface area contributed by atoms with Crippen LogP contribution in [0.4, 0.5) is 0 Å². The Hall–Kier alpha value is -0.170. The van der Waals surface area contributed by atoms with Gasteiger partial charge in [0.25, 0.3) is 0 Å². The summed E-state index contributed by atoms with van der Waals surface area (Å²) in [5.41, 5.74) is 0. The lowest BCUT2D eigenvalue weighted by Crippen LogP contribution is -2.39. The maximum Gasteiger partial charge on any atom is 0.216 e. The summed E-state index contributed by atoms with van der Waals surface area (Å²) < 4.78 is 30.1. The molecule has 0 aliphatic carbocycles. The minimum Gasteiger partial charge on any atom is -0.395 e. The van der Waals surface area contributed by atoms with Gasteiger partial charge in [0.05, 0.1) is 19.0 Å². The maximum absolute atomic E-state index is 11.8. The molecule has 0 amide bonds. The Morgan fingerprint density at radius 3 is 2.87 bits per heavy atom. The summed E-state index contributed by atoms with van der Waals surface area (Å²) in [5, 5.41) is 9.03. The molecule has 0 bridgehead atoms. The lowest BCUT2D eigenvalue weighted by Gasteiger charge is -2.22. The normalized spacial score (nSPS) is 23.5. The number of aliphatic hydroxyl groups is 1. The summed E-state index contributed by atoms with van der Waals surface area (Å²) in [6, 6.07) is -0.225. The van der Waals surface area contributed by atoms with Crippen LogP contribution in [0.25, 0.3) is 0 Å². The molecule has 1 heterocycles. The third-order valence-electron chi connectivity index (χ3n) is 2.58. The molecule has 90 valence electrons. The van der Waals surface area contributed by atoms with Crippen molar-refractivity contribution in [2.45, 2.75) is 25.8 Å². The molecule has 1 aliphatic rings. The molecule has 1 atom stereocenters. The molecular weight excluding hydrogens is 218 g/mol. The Bertz CT molecular complexity index is 278. The van der Waals surface area contributed by atoms with Crippen molar-refractivity contribution >= 4 is 10.0 Å². The van der Waals surface area contributed by atoms with E-state index in [0.717, 1.165) is 12.8 Å². The molecule has 1 fully saturated rings. The zero-order valence-electron chi connectivity index (χ0n) is 9.05. The van der Waals surface area contributed by atoms with Crippen LogP contribution in [0.5, 0.6) is 0 Å². The predicted molar refractivity (Wildman–Crippen MR) is 57.1 cm³/mol. The van der Waals surface area contributed by atoms with E-state index in [-0.39, 0.29) is 25.0 Å². The first kappa shape index (κ1) is 12.9. The van der Waals surface area contributed by atoms with Crippen LogP contribution in [-0.4, -0.2) is 56.0 Å². The van der Waals surface area contributed by atoms with Gasteiger partial charge in [-0.2, -0.15) is 4.31 Å². The van der Waals surface area contributed by atoms with Gasteiger partial charge in [0.1, 0.15) is 0 Å². The van der Waals surface area contributed by atoms with Gasteiger partial charge < -0.3 is 9.84 Å². The fourth-order valence-corrected chi connectivity index (χ4v) is 3.38. The van der Waals surface area contributed by atoms with Gasteiger partial charge in [0, 0.05) is 19.2 Å². The molecule has 15 heavy (non-hydrogen) atoms. The summed E-state index contributed by atoms with van der Waals surface area (Å²) in [5.74, 6) is 0.0112. The molecular formula is C9H19NO4S. The zero-order chi connectivity index (χ0) is 11.3. The highest BCUT2D eigenvalue weighted by Gasteiger charge is 2.33. The van der Waals surface area contributed by atoms with Crippen LogP contribution in [0, 0.1) is 0 Å². The van der Waals surface area contributed by atoms with Gasteiger partial charge >= 0.3 is 0 Å². The van der Waals surface area contributed by atoms with Crippen molar-refractivity contribution in [1.29, 1.82) is 0 Å². The van der Waals surface area contributed by atoms with Crippen LogP contribution in [0.1, 0.15) is 19.8 Å². The fourth-order valence-electron chi connectivity index (χ4n) is 1.78. The van der Waals surface area contributed by atoms with E-state index in [4.69, 9.17) is 9.84 Å². The second-order valence-corrected chi connectivity index (χ2v) is 5.64. The second-order valence-electron chi connectivity index (χ2n) is 3.60. The minimum atomic E-state index is -3.25. The topological polar surface area (TPSA) is 66.8 Å². The third kappa shape index (κ3) is 3.41. The number of ether oxygens (including phenoxy) is 1. The highest BCUT2D eigenvalue weighted by Crippen LogP contribution is 2.20. The van der Waals surface area contributed by atoms with Crippen LogP contribution in [-0.2, 0) is 14.8 Å². The third-order valence-corrected chi connectivity index (χ3v) is 4.46. The number of sulfonamides is 1. The Kier molecular flexibility index (Phi) is 4.98. The molecule has 1 aliphatic heterocycles. The highest BCUT2D eigenvalue weighted by molar-refractivity contribution is 7.89. The summed E-state index contributed by atoms with van der Waals surface area (Å²) in [6.07, 6.45) is 1.59. The molecule has 0 aromatic heterocycles. The molecule has 0 radical (unpaired) electrons. The monoisotopic (exact) mass is 237 g/mol. The van der Waals surface area contributed by atoms with Crippen molar-refractivity contribution in [1.82, 2.24) is 4.31 Å². The second kappa shape index (κ2) is 5.79. The van der Waals surface area contributed by atoms with E-state index in [1.807, 2.05) is 6.92 Å². The van der Waals surface area contributed by atoms with E-state index in [9.17, 15) is 8.42 Å². The number of hydrogen-bond donors (Lipinski definition) is 1. The van der Waals surface area contributed by atoms with Crippen molar-refractivity contribution < 1.29 is 18.3 Å². The van der Waals surface area contributed by atoms with Crippen molar-refractivity contribution in [3.63, 3.8) is 0 Å². The molecule has 1 saturated heterocycles. The van der Waals surface area contributed by atoms with Crippen molar-refractivity contribution in [3.8, 4) is 0 Å². The van der Waals surface area contributed by atoms with Crippen molar-refractivity contribution in [3.05, 3.63) is 0 Å². The molecule has 0 spiro atoms. The summed E-state index contributed by atoms with van der Waals surface area (Å²) >= 11 is 0. The quantitative estimate of drug-likeness (QED) is 0.650. The Balaban J connectivity index is 2.52. The van der Waals surface area contributed by atoms with Crippen LogP contribution in [0.2, 0.25) is 0 Å². The van der Waals surface area contributed by atoms with Gasteiger partial charge in [0.2, 0.25) is 10.0 Å². The van der Waals surface area contributed by atoms with E-state index < -0.39 is 10.0 Å². The van der Waals surface area contributed by atoms with E-state index in [2.05, 4.69) is 0 Å². The van der Waals surface area contributed by atoms with Crippen LogP contribution < -0.4 is 0 Å². The van der Waals surface area contributed by atoms with Gasteiger partial charge in [-0.3, -0.25) is 0 Å². The van der Waals surface area contributed by atoms with E-state index in [1.54, 1.807) is 0 Å². The first-order chi connectivity index (χ1) is 7.11. The molecule has 5 nitrogen and oxygen atoms in total. The number of rotatable bonds is 6. The van der Waals surface area contributed by atoms with Crippen molar-refractivity contribution in [2.75, 3.05) is 32.1 Å².